The SMILES string of the molecule is Cn1cnc2ccc(N3CC(C(=O)O)C(=O)N(Cc4cccc(C(F)(F)F)c4Cl)C3=O)cc21. The summed E-state index contributed by atoms with van der Waals surface area (Å²) in [6, 6.07) is 7.06. The van der Waals surface area contributed by atoms with Crippen LogP contribution >= 0.6 is 11.6 Å². The Morgan fingerprint density at radius 2 is 1.97 bits per heavy atom. The first-order valence-corrected chi connectivity index (χ1v) is 9.98. The molecule has 0 radical (unpaired) electrons. The van der Waals surface area contributed by atoms with Crippen molar-refractivity contribution < 1.29 is 32.7 Å². The molecule has 8 nitrogen and oxygen atoms in total. The van der Waals surface area contributed by atoms with Crippen LogP contribution in [-0.2, 0) is 29.4 Å². The van der Waals surface area contributed by atoms with Crippen molar-refractivity contribution in [1.29, 1.82) is 0 Å². The quantitative estimate of drug-likeness (QED) is 0.571. The predicted molar refractivity (Wildman–Crippen MR) is 112 cm³/mol. The van der Waals surface area contributed by atoms with Gasteiger partial charge in [-0.05, 0) is 29.8 Å². The molecule has 4 rings (SSSR count). The van der Waals surface area contributed by atoms with Crippen molar-refractivity contribution in [3.63, 3.8) is 0 Å². The Morgan fingerprint density at radius 1 is 1.24 bits per heavy atom. The van der Waals surface area contributed by atoms with Crippen molar-refractivity contribution in [3.05, 3.63) is 58.9 Å². The zero-order valence-corrected chi connectivity index (χ0v) is 17.8. The second kappa shape index (κ2) is 8.07. The van der Waals surface area contributed by atoms with E-state index in [1.807, 2.05) is 0 Å². The van der Waals surface area contributed by atoms with E-state index in [1.165, 1.54) is 6.07 Å². The number of amides is 3. The fourth-order valence-corrected chi connectivity index (χ4v) is 3.98. The number of carboxylic acids is 1. The highest BCUT2D eigenvalue weighted by Crippen LogP contribution is 2.37. The van der Waals surface area contributed by atoms with Crippen LogP contribution in [0.1, 0.15) is 11.1 Å². The number of halogens is 4. The Bertz CT molecular complexity index is 1290. The topological polar surface area (TPSA) is 95.7 Å². The third-order valence-electron chi connectivity index (χ3n) is 5.42. The summed E-state index contributed by atoms with van der Waals surface area (Å²) in [5.74, 6) is -4.09. The van der Waals surface area contributed by atoms with E-state index in [1.54, 1.807) is 36.1 Å². The van der Waals surface area contributed by atoms with Gasteiger partial charge in [0.05, 0.1) is 34.5 Å². The molecule has 1 atom stereocenters. The number of aryl methyl sites for hydroxylation is 1. The van der Waals surface area contributed by atoms with Gasteiger partial charge in [-0.15, -0.1) is 0 Å². The number of benzene rings is 2. The molecule has 33 heavy (non-hydrogen) atoms. The Morgan fingerprint density at radius 3 is 2.64 bits per heavy atom. The smallest absolute Gasteiger partial charge is 0.417 e. The van der Waals surface area contributed by atoms with E-state index in [9.17, 15) is 32.7 Å². The minimum atomic E-state index is -4.74. The number of carbonyl (C=O) groups is 3. The van der Waals surface area contributed by atoms with E-state index in [2.05, 4.69) is 4.98 Å². The summed E-state index contributed by atoms with van der Waals surface area (Å²) in [6.07, 6.45) is -3.17. The number of hydrogen-bond acceptors (Lipinski definition) is 4. The number of aromatic nitrogens is 2. The van der Waals surface area contributed by atoms with Crippen molar-refractivity contribution in [2.45, 2.75) is 12.7 Å². The molecular weight excluding hydrogens is 465 g/mol. The second-order valence-corrected chi connectivity index (χ2v) is 7.89. The molecule has 0 saturated carbocycles. The van der Waals surface area contributed by atoms with Crippen LogP contribution in [0.4, 0.5) is 23.7 Å². The molecule has 172 valence electrons. The van der Waals surface area contributed by atoms with Crippen molar-refractivity contribution in [2.75, 3.05) is 11.4 Å². The highest BCUT2D eigenvalue weighted by atomic mass is 35.5. The van der Waals surface area contributed by atoms with Crippen LogP contribution in [0.25, 0.3) is 11.0 Å². The number of aliphatic carboxylic acids is 1. The summed E-state index contributed by atoms with van der Waals surface area (Å²) in [4.78, 5) is 43.7. The first kappa shape index (κ1) is 22.6. The van der Waals surface area contributed by atoms with E-state index in [0.29, 0.717) is 21.6 Å². The molecule has 2 heterocycles. The minimum Gasteiger partial charge on any atom is -0.481 e. The van der Waals surface area contributed by atoms with E-state index < -0.39 is 53.7 Å². The predicted octanol–water partition coefficient (Wildman–Crippen LogP) is 3.92. The molecule has 3 amide bonds. The summed E-state index contributed by atoms with van der Waals surface area (Å²) >= 11 is 5.92. The highest BCUT2D eigenvalue weighted by Gasteiger charge is 2.44. The van der Waals surface area contributed by atoms with Crippen LogP contribution in [-0.4, -0.2) is 44.0 Å². The minimum absolute atomic E-state index is 0.138. The maximum Gasteiger partial charge on any atom is 0.417 e. The lowest BCUT2D eigenvalue weighted by Gasteiger charge is -2.37. The molecule has 1 aliphatic rings. The average molecular weight is 481 g/mol. The van der Waals surface area contributed by atoms with Gasteiger partial charge in [-0.2, -0.15) is 13.2 Å². The molecular formula is C21H16ClF3N4O4. The number of carboxylic acid groups (broad SMARTS) is 1. The molecule has 1 aliphatic heterocycles. The molecule has 12 heteroatoms. The monoisotopic (exact) mass is 480 g/mol. The van der Waals surface area contributed by atoms with Crippen molar-refractivity contribution >= 4 is 46.2 Å². The summed E-state index contributed by atoms with van der Waals surface area (Å²) in [5, 5.41) is 8.90. The molecule has 1 fully saturated rings. The number of carbonyl (C=O) groups excluding carboxylic acids is 2. The molecule has 0 spiro atoms. The van der Waals surface area contributed by atoms with E-state index in [0.717, 1.165) is 17.0 Å². The van der Waals surface area contributed by atoms with Crippen molar-refractivity contribution in [2.24, 2.45) is 13.0 Å². The lowest BCUT2D eigenvalue weighted by atomic mass is 10.0. The number of nitrogens with zero attached hydrogens (tertiary/aromatic N) is 4. The van der Waals surface area contributed by atoms with E-state index in [4.69, 9.17) is 11.6 Å². The van der Waals surface area contributed by atoms with Gasteiger partial charge in [-0.1, -0.05) is 23.7 Å². The number of hydrogen-bond donors (Lipinski definition) is 1. The maximum atomic E-state index is 13.2. The largest absolute Gasteiger partial charge is 0.481 e. The Balaban J connectivity index is 1.74. The number of rotatable bonds is 4. The summed E-state index contributed by atoms with van der Waals surface area (Å²) in [7, 11) is 1.74. The average Bonchev–Trinajstić information content (AvgIpc) is 3.11. The standard InChI is InChI=1S/C21H16ClF3N4O4/c1-27-10-26-15-6-5-12(7-16(15)27)28-9-13(19(31)32)18(30)29(20(28)33)8-11-3-2-4-14(17(11)22)21(23,24)25/h2-7,10,13H,8-9H2,1H3,(H,31,32). The molecule has 2 aromatic carbocycles. The second-order valence-electron chi connectivity index (χ2n) is 7.51. The number of alkyl halides is 3. The number of anilines is 1. The first-order valence-electron chi connectivity index (χ1n) is 9.60. The van der Waals surface area contributed by atoms with Crippen molar-refractivity contribution in [1.82, 2.24) is 14.5 Å². The maximum absolute atomic E-state index is 13.2. The van der Waals surface area contributed by atoms with Gasteiger partial charge in [0, 0.05) is 19.3 Å². The van der Waals surface area contributed by atoms with Gasteiger partial charge in [0.2, 0.25) is 5.91 Å². The third kappa shape index (κ3) is 3.99. The number of imidazole rings is 1. The van der Waals surface area contributed by atoms with Crippen molar-refractivity contribution in [3.8, 4) is 0 Å². The zero-order valence-electron chi connectivity index (χ0n) is 17.0. The van der Waals surface area contributed by atoms with Gasteiger partial charge >= 0.3 is 18.2 Å². The van der Waals surface area contributed by atoms with Crippen LogP contribution in [0, 0.1) is 5.92 Å². The van der Waals surface area contributed by atoms with Gasteiger partial charge in [-0.3, -0.25) is 19.4 Å². The van der Waals surface area contributed by atoms with Crippen LogP contribution in [0.3, 0.4) is 0 Å². The Hall–Kier alpha value is -3.60. The molecule has 1 saturated heterocycles. The molecule has 1 N–H and O–H groups in total. The molecule has 0 bridgehead atoms. The molecule has 1 unspecified atom stereocenters. The van der Waals surface area contributed by atoms with Gasteiger partial charge in [0.15, 0.2) is 5.92 Å². The molecule has 3 aromatic rings. The first-order chi connectivity index (χ1) is 15.5. The Labute approximate surface area is 189 Å². The van der Waals surface area contributed by atoms with E-state index >= 15 is 0 Å². The van der Waals surface area contributed by atoms with Crippen LogP contribution < -0.4 is 4.90 Å². The van der Waals surface area contributed by atoms with Gasteiger partial charge in [0.25, 0.3) is 0 Å². The number of fused-ring (bicyclic) bond motifs is 1. The third-order valence-corrected chi connectivity index (χ3v) is 5.87. The number of imide groups is 1. The van der Waals surface area contributed by atoms with Crippen LogP contribution in [0.15, 0.2) is 42.7 Å². The fourth-order valence-electron chi connectivity index (χ4n) is 3.69. The molecule has 1 aromatic heterocycles. The summed E-state index contributed by atoms with van der Waals surface area (Å²) < 4.78 is 41.4. The summed E-state index contributed by atoms with van der Waals surface area (Å²) in [6.45, 7) is -1.04. The fraction of sp³-hybridized carbons (Fsp3) is 0.238. The lowest BCUT2D eigenvalue weighted by Crippen LogP contribution is -2.58. The van der Waals surface area contributed by atoms with Gasteiger partial charge in [0.1, 0.15) is 0 Å². The normalized spacial score (nSPS) is 17.2. The van der Waals surface area contributed by atoms with Crippen LogP contribution in [0.2, 0.25) is 5.02 Å². The Kier molecular flexibility index (Phi) is 5.52. The summed E-state index contributed by atoms with van der Waals surface area (Å²) in [5.41, 5.74) is 0.365. The highest BCUT2D eigenvalue weighted by molar-refractivity contribution is 6.32. The van der Waals surface area contributed by atoms with E-state index in [-0.39, 0.29) is 5.56 Å². The number of urea groups is 1. The van der Waals surface area contributed by atoms with Gasteiger partial charge in [-0.25, -0.2) is 9.78 Å². The molecule has 0 aliphatic carbocycles. The lowest BCUT2D eigenvalue weighted by molar-refractivity contribution is -0.150. The van der Waals surface area contributed by atoms with Gasteiger partial charge < -0.3 is 9.67 Å². The zero-order chi connectivity index (χ0) is 24.1. The van der Waals surface area contributed by atoms with Crippen LogP contribution in [0.5, 0.6) is 0 Å².